The number of hydrogen-bond donors (Lipinski definition) is 4. The van der Waals surface area contributed by atoms with Gasteiger partial charge in [-0.2, -0.15) is 0 Å². The number of carbonyl (C=O) groups excluding carboxylic acids is 2. The molecule has 0 fully saturated rings. The molecule has 0 bridgehead atoms. The molecular weight excluding hydrogens is 526 g/mol. The fraction of sp³-hybridized carbons (Fsp3) is 0.125. The van der Waals surface area contributed by atoms with E-state index >= 15 is 0 Å². The van der Waals surface area contributed by atoms with E-state index < -0.39 is 29.2 Å². The molecule has 0 aliphatic carbocycles. The molecule has 3 aromatic rings. The first-order valence-corrected chi connectivity index (χ1v) is 11.4. The van der Waals surface area contributed by atoms with Crippen molar-refractivity contribution in [1.29, 1.82) is 0 Å². The molecule has 13 heteroatoms. The van der Waals surface area contributed by atoms with Crippen molar-refractivity contribution in [3.05, 3.63) is 86.8 Å². The molecule has 1 heterocycles. The minimum Gasteiger partial charge on any atom is -0.495 e. The Morgan fingerprint density at radius 3 is 2.46 bits per heavy atom. The topological polar surface area (TPSA) is 159 Å². The molecule has 0 spiro atoms. The molecule has 0 radical (unpaired) electrons. The number of nitrogens with two attached hydrogens (primary N) is 3. The van der Waals surface area contributed by atoms with Crippen LogP contribution in [-0.4, -0.2) is 23.5 Å². The van der Waals surface area contributed by atoms with Crippen molar-refractivity contribution >= 4 is 46.4 Å². The highest BCUT2D eigenvalue weighted by molar-refractivity contribution is 6.31. The highest BCUT2D eigenvalue weighted by Gasteiger charge is 2.22. The first-order valence-electron chi connectivity index (χ1n) is 10.6. The zero-order chi connectivity index (χ0) is 27.4. The molecule has 0 aliphatic heterocycles. The first kappa shape index (κ1) is 27.5. The Morgan fingerprint density at radius 2 is 1.86 bits per heavy atom. The maximum absolute atomic E-state index is 14.1. The summed E-state index contributed by atoms with van der Waals surface area (Å²) in [4.78, 5) is 37.1. The highest BCUT2D eigenvalue weighted by atomic mass is 35.5. The van der Waals surface area contributed by atoms with Crippen LogP contribution in [0.5, 0.6) is 5.75 Å². The van der Waals surface area contributed by atoms with Gasteiger partial charge in [-0.05, 0) is 43.3 Å². The first-order chi connectivity index (χ1) is 17.4. The van der Waals surface area contributed by atoms with Gasteiger partial charge in [0, 0.05) is 27.9 Å². The summed E-state index contributed by atoms with van der Waals surface area (Å²) in [6, 6.07) is 8.45. The number of methoxy groups -OCH3 is 1. The van der Waals surface area contributed by atoms with Gasteiger partial charge in [0.1, 0.15) is 22.8 Å². The Hall–Kier alpha value is -4.06. The number of hydrogen-bond acceptors (Lipinski definition) is 7. The largest absolute Gasteiger partial charge is 0.495 e. The van der Waals surface area contributed by atoms with Gasteiger partial charge in [0.2, 0.25) is 5.91 Å². The second-order valence-corrected chi connectivity index (χ2v) is 8.68. The molecule has 0 saturated heterocycles. The molecular formula is C24H23Cl2FN6O4. The predicted molar refractivity (Wildman–Crippen MR) is 141 cm³/mol. The van der Waals surface area contributed by atoms with Crippen LogP contribution in [0, 0.1) is 5.82 Å². The number of halogens is 3. The fourth-order valence-electron chi connectivity index (χ4n) is 3.52. The van der Waals surface area contributed by atoms with Crippen LogP contribution in [0.15, 0.2) is 64.8 Å². The zero-order valence-electron chi connectivity index (χ0n) is 19.7. The van der Waals surface area contributed by atoms with Crippen molar-refractivity contribution in [3.8, 4) is 16.9 Å². The molecule has 2 aromatic carbocycles. The second kappa shape index (κ2) is 11.3. The number of carbonyl (C=O) groups is 2. The van der Waals surface area contributed by atoms with Crippen molar-refractivity contribution in [2.24, 2.45) is 17.3 Å². The Kier molecular flexibility index (Phi) is 8.43. The number of pyridine rings is 1. The van der Waals surface area contributed by atoms with Crippen LogP contribution in [0.2, 0.25) is 5.02 Å². The van der Waals surface area contributed by atoms with Crippen LogP contribution in [0.1, 0.15) is 23.3 Å². The van der Waals surface area contributed by atoms with Crippen LogP contribution in [-0.2, 0) is 4.79 Å². The highest BCUT2D eigenvalue weighted by Crippen LogP contribution is 2.37. The third-order valence-electron chi connectivity index (χ3n) is 5.35. The van der Waals surface area contributed by atoms with Gasteiger partial charge in [0.25, 0.3) is 11.5 Å². The van der Waals surface area contributed by atoms with Crippen molar-refractivity contribution in [2.45, 2.75) is 13.0 Å². The van der Waals surface area contributed by atoms with Crippen LogP contribution in [0.25, 0.3) is 11.1 Å². The summed E-state index contributed by atoms with van der Waals surface area (Å²) in [5.41, 5.74) is 11.0. The van der Waals surface area contributed by atoms with Gasteiger partial charge in [-0.15, -0.1) is 0 Å². The third kappa shape index (κ3) is 6.20. The van der Waals surface area contributed by atoms with Gasteiger partial charge in [0.05, 0.1) is 30.8 Å². The zero-order valence-corrected chi connectivity index (χ0v) is 21.2. The van der Waals surface area contributed by atoms with E-state index in [1.165, 1.54) is 38.6 Å². The van der Waals surface area contributed by atoms with E-state index in [9.17, 15) is 18.8 Å². The molecule has 1 aromatic heterocycles. The molecule has 0 aliphatic rings. The van der Waals surface area contributed by atoms with E-state index in [4.69, 9.17) is 45.2 Å². The Morgan fingerprint density at radius 1 is 1.16 bits per heavy atom. The standard InChI is InChI=1S/C24H23Cl2FN6O4/c1-12(24(36)31-14-4-5-15(23(29)35)18(27)8-14)32-10-20(37-2)17(9-22(32)34)16-7-13(25)3-6-19(16)33(30)11-21(26)28/h3-12H,28,30H2,1-2H3,(H2,29,35)(H,31,36)/b21-11-. The van der Waals surface area contributed by atoms with E-state index in [2.05, 4.69) is 5.32 Å². The number of aromatic nitrogens is 1. The lowest BCUT2D eigenvalue weighted by Crippen LogP contribution is -2.31. The lowest BCUT2D eigenvalue weighted by molar-refractivity contribution is -0.118. The van der Waals surface area contributed by atoms with Crippen LogP contribution >= 0.6 is 23.2 Å². The molecule has 3 rings (SSSR count). The minimum absolute atomic E-state index is 0.0743. The Bertz CT molecular complexity index is 1460. The quantitative estimate of drug-likeness (QED) is 0.191. The molecule has 2 amide bonds. The second-order valence-electron chi connectivity index (χ2n) is 7.81. The average molecular weight is 549 g/mol. The van der Waals surface area contributed by atoms with E-state index in [-0.39, 0.29) is 22.2 Å². The smallest absolute Gasteiger partial charge is 0.252 e. The number of rotatable bonds is 8. The van der Waals surface area contributed by atoms with Crippen LogP contribution in [0.4, 0.5) is 15.8 Å². The van der Waals surface area contributed by atoms with Crippen LogP contribution < -0.4 is 37.9 Å². The summed E-state index contributed by atoms with van der Waals surface area (Å²) in [6.07, 6.45) is 2.63. The van der Waals surface area contributed by atoms with E-state index in [0.717, 1.165) is 21.7 Å². The Balaban J connectivity index is 1.99. The molecule has 37 heavy (non-hydrogen) atoms. The van der Waals surface area contributed by atoms with Gasteiger partial charge in [-0.1, -0.05) is 23.2 Å². The monoisotopic (exact) mass is 548 g/mol. The number of nitrogens with zero attached hydrogens (tertiary/aromatic N) is 2. The van der Waals surface area contributed by atoms with E-state index in [0.29, 0.717) is 21.8 Å². The summed E-state index contributed by atoms with van der Waals surface area (Å²) >= 11 is 11.9. The fourth-order valence-corrected chi connectivity index (χ4v) is 3.80. The van der Waals surface area contributed by atoms with Gasteiger partial charge in [-0.25, -0.2) is 10.2 Å². The number of nitrogens with one attached hydrogen (secondary N) is 1. The maximum atomic E-state index is 14.1. The van der Waals surface area contributed by atoms with Gasteiger partial charge in [-0.3, -0.25) is 24.0 Å². The lowest BCUT2D eigenvalue weighted by Gasteiger charge is -2.21. The molecule has 1 unspecified atom stereocenters. The van der Waals surface area contributed by atoms with Gasteiger partial charge in [0.15, 0.2) is 0 Å². The number of amides is 2. The molecule has 0 saturated carbocycles. The summed E-state index contributed by atoms with van der Waals surface area (Å²) in [5.74, 6) is 3.84. The summed E-state index contributed by atoms with van der Waals surface area (Å²) < 4.78 is 20.7. The van der Waals surface area contributed by atoms with Crippen molar-refractivity contribution in [2.75, 3.05) is 17.4 Å². The molecule has 7 N–H and O–H groups in total. The van der Waals surface area contributed by atoms with Crippen molar-refractivity contribution in [1.82, 2.24) is 4.57 Å². The Labute approximate surface area is 221 Å². The number of hydrazine groups is 1. The van der Waals surface area contributed by atoms with Gasteiger partial charge >= 0.3 is 0 Å². The maximum Gasteiger partial charge on any atom is 0.252 e. The number of ether oxygens (including phenoxy) is 1. The van der Waals surface area contributed by atoms with Crippen LogP contribution in [0.3, 0.4) is 0 Å². The summed E-state index contributed by atoms with van der Waals surface area (Å²) in [7, 11) is 1.39. The van der Waals surface area contributed by atoms with E-state index in [1.807, 2.05) is 0 Å². The van der Waals surface area contributed by atoms with E-state index in [1.54, 1.807) is 18.2 Å². The summed E-state index contributed by atoms with van der Waals surface area (Å²) in [6.45, 7) is 1.48. The number of primary amides is 1. The van der Waals surface area contributed by atoms with Crippen molar-refractivity contribution < 1.29 is 18.7 Å². The molecule has 194 valence electrons. The SMILES string of the molecule is COc1cn(C(C)C(=O)Nc2ccc(C(N)=O)c(F)c2)c(=O)cc1-c1cc(Cl)ccc1N(N)/C=C(\N)Cl. The normalized spacial score (nSPS) is 12.1. The summed E-state index contributed by atoms with van der Waals surface area (Å²) in [5, 5.41) is 3.96. The predicted octanol–water partition coefficient (Wildman–Crippen LogP) is 3.29. The molecule has 10 nitrogen and oxygen atoms in total. The lowest BCUT2D eigenvalue weighted by atomic mass is 10.0. The minimum atomic E-state index is -1.03. The number of benzene rings is 2. The molecule has 1 atom stereocenters. The average Bonchev–Trinajstić information content (AvgIpc) is 2.82. The van der Waals surface area contributed by atoms with Crippen molar-refractivity contribution in [3.63, 3.8) is 0 Å². The third-order valence-corrected chi connectivity index (χ3v) is 5.68. The van der Waals surface area contributed by atoms with Gasteiger partial charge < -0.3 is 21.5 Å². The number of anilines is 2.